The third-order valence-electron chi connectivity index (χ3n) is 3.53. The molecular formula is C18H24N2O3S. The average molecular weight is 348 g/mol. The fourth-order valence-electron chi connectivity index (χ4n) is 2.45. The van der Waals surface area contributed by atoms with E-state index in [4.69, 9.17) is 4.74 Å². The molecule has 5 nitrogen and oxygen atoms in total. The molecule has 0 saturated heterocycles. The molecule has 2 aromatic rings. The second kappa shape index (κ2) is 7.75. The van der Waals surface area contributed by atoms with Gasteiger partial charge >= 0.3 is 5.97 Å². The van der Waals surface area contributed by atoms with E-state index in [1.54, 1.807) is 11.3 Å². The van der Waals surface area contributed by atoms with Crippen molar-refractivity contribution in [3.05, 3.63) is 29.3 Å². The summed E-state index contributed by atoms with van der Waals surface area (Å²) in [6.07, 6.45) is 1.16. The van der Waals surface area contributed by atoms with Crippen molar-refractivity contribution in [2.45, 2.75) is 51.5 Å². The Balaban J connectivity index is 2.12. The van der Waals surface area contributed by atoms with E-state index in [0.717, 1.165) is 15.2 Å². The highest BCUT2D eigenvalue weighted by Gasteiger charge is 2.22. The summed E-state index contributed by atoms with van der Waals surface area (Å²) in [5, 5.41) is 3.83. The lowest BCUT2D eigenvalue weighted by Gasteiger charge is -2.21. The summed E-state index contributed by atoms with van der Waals surface area (Å²) in [5.41, 5.74) is 0.664. The predicted molar refractivity (Wildman–Crippen MR) is 96.1 cm³/mol. The molecule has 0 aliphatic carbocycles. The number of nitrogens with one attached hydrogen (secondary N) is 1. The molecule has 1 unspecified atom stereocenters. The van der Waals surface area contributed by atoms with Gasteiger partial charge in [0.2, 0.25) is 5.91 Å². The molecule has 1 aromatic carbocycles. The Bertz CT molecular complexity index is 685. The number of fused-ring (bicyclic) bond motifs is 1. The minimum atomic E-state index is -0.282. The first-order chi connectivity index (χ1) is 11.3. The van der Waals surface area contributed by atoms with Crippen molar-refractivity contribution >= 4 is 33.4 Å². The van der Waals surface area contributed by atoms with Crippen LogP contribution in [0.2, 0.25) is 0 Å². The van der Waals surface area contributed by atoms with Crippen LogP contribution in [0.5, 0.6) is 0 Å². The highest BCUT2D eigenvalue weighted by atomic mass is 32.1. The number of rotatable bonds is 6. The number of nitrogens with zero attached hydrogens (tertiary/aromatic N) is 1. The number of benzene rings is 1. The number of methoxy groups -OCH3 is 1. The quantitative estimate of drug-likeness (QED) is 0.809. The third kappa shape index (κ3) is 5.30. The van der Waals surface area contributed by atoms with Crippen molar-refractivity contribution in [1.82, 2.24) is 10.3 Å². The number of thiazole rings is 1. The second-order valence-electron chi connectivity index (χ2n) is 6.83. The molecule has 1 aromatic heterocycles. The van der Waals surface area contributed by atoms with Crippen LogP contribution in [-0.2, 0) is 14.3 Å². The number of esters is 1. The van der Waals surface area contributed by atoms with E-state index in [-0.39, 0.29) is 29.8 Å². The van der Waals surface area contributed by atoms with Crippen molar-refractivity contribution in [3.63, 3.8) is 0 Å². The van der Waals surface area contributed by atoms with Gasteiger partial charge in [-0.25, -0.2) is 4.98 Å². The summed E-state index contributed by atoms with van der Waals surface area (Å²) in [6, 6.07) is 7.88. The Morgan fingerprint density at radius 3 is 2.62 bits per heavy atom. The van der Waals surface area contributed by atoms with Gasteiger partial charge in [-0.3, -0.25) is 9.59 Å². The van der Waals surface area contributed by atoms with E-state index in [2.05, 4.69) is 10.3 Å². The van der Waals surface area contributed by atoms with E-state index in [9.17, 15) is 9.59 Å². The second-order valence-corrected chi connectivity index (χ2v) is 7.90. The van der Waals surface area contributed by atoms with Crippen LogP contribution in [-0.4, -0.2) is 29.5 Å². The van der Waals surface area contributed by atoms with Crippen LogP contribution in [0.1, 0.15) is 51.0 Å². The van der Waals surface area contributed by atoms with E-state index < -0.39 is 0 Å². The van der Waals surface area contributed by atoms with Gasteiger partial charge in [0.25, 0.3) is 0 Å². The van der Waals surface area contributed by atoms with E-state index >= 15 is 0 Å². The van der Waals surface area contributed by atoms with Gasteiger partial charge < -0.3 is 10.1 Å². The summed E-state index contributed by atoms with van der Waals surface area (Å²) in [4.78, 5) is 28.4. The van der Waals surface area contributed by atoms with Crippen LogP contribution in [0.25, 0.3) is 10.2 Å². The van der Waals surface area contributed by atoms with Crippen molar-refractivity contribution in [2.75, 3.05) is 7.11 Å². The van der Waals surface area contributed by atoms with E-state index in [1.807, 2.05) is 45.0 Å². The molecule has 0 aliphatic heterocycles. The van der Waals surface area contributed by atoms with Crippen molar-refractivity contribution < 1.29 is 14.3 Å². The standard InChI is InChI=1S/C18H24N2O3S/c1-18(2,3)20-15(21)10-9-12(11-16(22)23-4)17-19-13-7-5-6-8-14(13)24-17/h5-8,12H,9-11H2,1-4H3,(H,20,21). The lowest BCUT2D eigenvalue weighted by molar-refractivity contribution is -0.141. The Labute approximate surface area is 146 Å². The number of carbonyl (C=O) groups excluding carboxylic acids is 2. The molecule has 2 rings (SSSR count). The molecule has 1 N–H and O–H groups in total. The molecule has 24 heavy (non-hydrogen) atoms. The maximum Gasteiger partial charge on any atom is 0.306 e. The van der Waals surface area contributed by atoms with Gasteiger partial charge in [0.05, 0.1) is 28.8 Å². The van der Waals surface area contributed by atoms with Crippen LogP contribution < -0.4 is 5.32 Å². The topological polar surface area (TPSA) is 68.3 Å². The lowest BCUT2D eigenvalue weighted by atomic mass is 9.99. The highest BCUT2D eigenvalue weighted by molar-refractivity contribution is 7.18. The molecule has 0 radical (unpaired) electrons. The molecule has 6 heteroatoms. The Hall–Kier alpha value is -1.95. The number of aromatic nitrogens is 1. The molecule has 1 amide bonds. The molecule has 0 fully saturated rings. The van der Waals surface area contributed by atoms with E-state index in [0.29, 0.717) is 12.8 Å². The monoisotopic (exact) mass is 348 g/mol. The maximum absolute atomic E-state index is 12.1. The van der Waals surface area contributed by atoms with E-state index in [1.165, 1.54) is 7.11 Å². The maximum atomic E-state index is 12.1. The van der Waals surface area contributed by atoms with Gasteiger partial charge in [0, 0.05) is 17.9 Å². The predicted octanol–water partition coefficient (Wildman–Crippen LogP) is 3.64. The normalized spacial score (nSPS) is 12.8. The van der Waals surface area contributed by atoms with Crippen LogP contribution in [0.15, 0.2) is 24.3 Å². The number of ether oxygens (including phenoxy) is 1. The zero-order valence-corrected chi connectivity index (χ0v) is 15.4. The summed E-state index contributed by atoms with van der Waals surface area (Å²) in [6.45, 7) is 5.85. The lowest BCUT2D eigenvalue weighted by Crippen LogP contribution is -2.40. The number of amides is 1. The first-order valence-electron chi connectivity index (χ1n) is 8.02. The van der Waals surface area contributed by atoms with Gasteiger partial charge in [0.15, 0.2) is 0 Å². The number of hydrogen-bond acceptors (Lipinski definition) is 5. The minimum absolute atomic E-state index is 0.0153. The smallest absolute Gasteiger partial charge is 0.306 e. The summed E-state index contributed by atoms with van der Waals surface area (Å²) in [5.74, 6) is -0.408. The molecule has 1 atom stereocenters. The number of carbonyl (C=O) groups is 2. The summed E-state index contributed by atoms with van der Waals surface area (Å²) in [7, 11) is 1.38. The molecule has 0 spiro atoms. The van der Waals surface area contributed by atoms with Crippen LogP contribution >= 0.6 is 11.3 Å². The van der Waals surface area contributed by atoms with Crippen LogP contribution in [0, 0.1) is 0 Å². The van der Waals surface area contributed by atoms with Crippen LogP contribution in [0.4, 0.5) is 0 Å². The SMILES string of the molecule is COC(=O)CC(CCC(=O)NC(C)(C)C)c1nc2ccccc2s1. The fraction of sp³-hybridized carbons (Fsp3) is 0.500. The Morgan fingerprint density at radius 1 is 1.29 bits per heavy atom. The molecule has 0 aliphatic rings. The van der Waals surface area contributed by atoms with Gasteiger partial charge in [-0.15, -0.1) is 11.3 Å². The largest absolute Gasteiger partial charge is 0.469 e. The average Bonchev–Trinajstić information content (AvgIpc) is 2.93. The first-order valence-corrected chi connectivity index (χ1v) is 8.83. The number of hydrogen-bond donors (Lipinski definition) is 1. The van der Waals surface area contributed by atoms with Crippen molar-refractivity contribution in [3.8, 4) is 0 Å². The number of para-hydroxylation sites is 1. The third-order valence-corrected chi connectivity index (χ3v) is 4.73. The highest BCUT2D eigenvalue weighted by Crippen LogP contribution is 2.32. The molecule has 1 heterocycles. The molecule has 0 saturated carbocycles. The van der Waals surface area contributed by atoms with Crippen molar-refractivity contribution in [1.29, 1.82) is 0 Å². The Kier molecular flexibility index (Phi) is 5.94. The van der Waals surface area contributed by atoms with Crippen molar-refractivity contribution in [2.24, 2.45) is 0 Å². The van der Waals surface area contributed by atoms with Gasteiger partial charge in [-0.2, -0.15) is 0 Å². The minimum Gasteiger partial charge on any atom is -0.469 e. The molecule has 130 valence electrons. The molecule has 0 bridgehead atoms. The zero-order chi connectivity index (χ0) is 17.7. The fourth-order valence-corrected chi connectivity index (χ4v) is 3.55. The van der Waals surface area contributed by atoms with Gasteiger partial charge in [-0.1, -0.05) is 12.1 Å². The van der Waals surface area contributed by atoms with Gasteiger partial charge in [-0.05, 0) is 39.3 Å². The summed E-state index contributed by atoms with van der Waals surface area (Å²) >= 11 is 1.57. The molecular weight excluding hydrogens is 324 g/mol. The zero-order valence-electron chi connectivity index (χ0n) is 14.6. The summed E-state index contributed by atoms with van der Waals surface area (Å²) < 4.78 is 5.89. The van der Waals surface area contributed by atoms with Crippen LogP contribution in [0.3, 0.4) is 0 Å². The first kappa shape index (κ1) is 18.4. The Morgan fingerprint density at radius 2 is 2.00 bits per heavy atom. The van der Waals surface area contributed by atoms with Gasteiger partial charge in [0.1, 0.15) is 0 Å².